The number of guanidine groups is 1. The molecule has 0 amide bonds. The molecule has 0 spiro atoms. The van der Waals surface area contributed by atoms with Gasteiger partial charge in [-0.2, -0.15) is 5.10 Å². The monoisotopic (exact) mass is 447 g/mol. The normalized spacial score (nSPS) is 16.7. The SMILES string of the molecule is CCNC(=NCC1(c2ccc(Br)cc2)CCOCC1)NCCCn1cccn1. The average molecular weight is 448 g/mol. The molecular weight excluding hydrogens is 418 g/mol. The molecule has 0 unspecified atom stereocenters. The van der Waals surface area contributed by atoms with Gasteiger partial charge in [-0.3, -0.25) is 9.67 Å². The van der Waals surface area contributed by atoms with Crippen molar-refractivity contribution in [2.24, 2.45) is 4.99 Å². The molecule has 7 heteroatoms. The second-order valence-electron chi connectivity index (χ2n) is 7.14. The van der Waals surface area contributed by atoms with Crippen molar-refractivity contribution in [3.8, 4) is 0 Å². The third-order valence-corrected chi connectivity index (χ3v) is 5.73. The van der Waals surface area contributed by atoms with Crippen LogP contribution in [0.2, 0.25) is 0 Å². The molecule has 2 N–H and O–H groups in total. The van der Waals surface area contributed by atoms with E-state index in [0.29, 0.717) is 0 Å². The number of nitrogens with zero attached hydrogens (tertiary/aromatic N) is 3. The van der Waals surface area contributed by atoms with E-state index >= 15 is 0 Å². The Balaban J connectivity index is 1.63. The summed E-state index contributed by atoms with van der Waals surface area (Å²) in [6.45, 7) is 7.05. The van der Waals surface area contributed by atoms with Gasteiger partial charge < -0.3 is 15.4 Å². The lowest BCUT2D eigenvalue weighted by molar-refractivity contribution is 0.0531. The lowest BCUT2D eigenvalue weighted by Crippen LogP contribution is -2.41. The van der Waals surface area contributed by atoms with E-state index in [1.54, 1.807) is 0 Å². The number of ether oxygens (including phenoxy) is 1. The van der Waals surface area contributed by atoms with E-state index in [-0.39, 0.29) is 5.41 Å². The van der Waals surface area contributed by atoms with Gasteiger partial charge in [0.2, 0.25) is 0 Å². The van der Waals surface area contributed by atoms with Crippen LogP contribution in [0, 0.1) is 0 Å². The van der Waals surface area contributed by atoms with E-state index in [4.69, 9.17) is 9.73 Å². The number of benzene rings is 1. The topological polar surface area (TPSA) is 63.5 Å². The Hall–Kier alpha value is -1.86. The molecule has 152 valence electrons. The van der Waals surface area contributed by atoms with Crippen molar-refractivity contribution >= 4 is 21.9 Å². The number of aliphatic imine (C=N–C) groups is 1. The highest BCUT2D eigenvalue weighted by Gasteiger charge is 2.34. The molecule has 0 atom stereocenters. The molecule has 2 heterocycles. The zero-order valence-corrected chi connectivity index (χ0v) is 18.1. The van der Waals surface area contributed by atoms with E-state index in [1.165, 1.54) is 5.56 Å². The van der Waals surface area contributed by atoms with Gasteiger partial charge in [-0.05, 0) is 49.9 Å². The van der Waals surface area contributed by atoms with Gasteiger partial charge in [-0.25, -0.2) is 0 Å². The summed E-state index contributed by atoms with van der Waals surface area (Å²) >= 11 is 3.54. The van der Waals surface area contributed by atoms with Gasteiger partial charge >= 0.3 is 0 Å². The second-order valence-corrected chi connectivity index (χ2v) is 8.06. The van der Waals surface area contributed by atoms with Gasteiger partial charge in [0.1, 0.15) is 0 Å². The largest absolute Gasteiger partial charge is 0.381 e. The molecule has 2 aromatic rings. The van der Waals surface area contributed by atoms with E-state index in [0.717, 1.165) is 69.1 Å². The predicted molar refractivity (Wildman–Crippen MR) is 117 cm³/mol. The molecule has 0 aliphatic carbocycles. The van der Waals surface area contributed by atoms with E-state index in [9.17, 15) is 0 Å². The fourth-order valence-electron chi connectivity index (χ4n) is 3.56. The first-order chi connectivity index (χ1) is 13.7. The van der Waals surface area contributed by atoms with Gasteiger partial charge in [0.25, 0.3) is 0 Å². The quantitative estimate of drug-likeness (QED) is 0.370. The summed E-state index contributed by atoms with van der Waals surface area (Å²) < 4.78 is 8.70. The molecule has 0 bridgehead atoms. The summed E-state index contributed by atoms with van der Waals surface area (Å²) in [5, 5.41) is 11.1. The van der Waals surface area contributed by atoms with Crippen LogP contribution in [-0.4, -0.2) is 48.6 Å². The minimum absolute atomic E-state index is 0.0381. The van der Waals surface area contributed by atoms with Crippen molar-refractivity contribution in [3.05, 3.63) is 52.8 Å². The number of halogens is 1. The van der Waals surface area contributed by atoms with Crippen molar-refractivity contribution in [1.82, 2.24) is 20.4 Å². The predicted octanol–water partition coefficient (Wildman–Crippen LogP) is 3.34. The van der Waals surface area contributed by atoms with E-state index < -0.39 is 0 Å². The summed E-state index contributed by atoms with van der Waals surface area (Å²) in [6.07, 6.45) is 6.80. The molecule has 6 nitrogen and oxygen atoms in total. The maximum Gasteiger partial charge on any atom is 0.191 e. The summed E-state index contributed by atoms with van der Waals surface area (Å²) in [4.78, 5) is 4.95. The molecule has 0 saturated carbocycles. The van der Waals surface area contributed by atoms with Crippen molar-refractivity contribution in [1.29, 1.82) is 0 Å². The first-order valence-corrected chi connectivity index (χ1v) is 10.8. The highest BCUT2D eigenvalue weighted by molar-refractivity contribution is 9.10. The molecule has 1 saturated heterocycles. The Morgan fingerprint density at radius 1 is 1.25 bits per heavy atom. The maximum absolute atomic E-state index is 5.64. The van der Waals surface area contributed by atoms with Crippen molar-refractivity contribution in [2.45, 2.75) is 38.1 Å². The molecule has 1 aliphatic rings. The molecule has 1 aliphatic heterocycles. The lowest BCUT2D eigenvalue weighted by atomic mass is 9.74. The van der Waals surface area contributed by atoms with Crippen LogP contribution in [0.3, 0.4) is 0 Å². The number of nitrogens with one attached hydrogen (secondary N) is 2. The molecule has 1 fully saturated rings. The van der Waals surface area contributed by atoms with Gasteiger partial charge in [-0.15, -0.1) is 0 Å². The van der Waals surface area contributed by atoms with Gasteiger partial charge in [0.05, 0.1) is 6.54 Å². The molecular formula is C21H30BrN5O. The van der Waals surface area contributed by atoms with Crippen LogP contribution in [0.5, 0.6) is 0 Å². The Morgan fingerprint density at radius 3 is 2.71 bits per heavy atom. The molecule has 3 rings (SSSR count). The van der Waals surface area contributed by atoms with Crippen LogP contribution in [0.4, 0.5) is 0 Å². The molecule has 1 aromatic carbocycles. The van der Waals surface area contributed by atoms with Gasteiger partial charge in [-0.1, -0.05) is 28.1 Å². The Bertz CT molecular complexity index is 724. The van der Waals surface area contributed by atoms with Gasteiger partial charge in [0, 0.05) is 55.1 Å². The van der Waals surface area contributed by atoms with Crippen LogP contribution in [0.15, 0.2) is 52.2 Å². The summed E-state index contributed by atoms with van der Waals surface area (Å²) in [5.74, 6) is 0.881. The number of hydrogen-bond acceptors (Lipinski definition) is 3. The zero-order valence-electron chi connectivity index (χ0n) is 16.5. The average Bonchev–Trinajstić information content (AvgIpc) is 3.24. The molecule has 28 heavy (non-hydrogen) atoms. The standard InChI is InChI=1S/C21H30BrN5O/c1-2-23-20(24-11-3-13-27-14-4-12-26-27)25-17-21(9-15-28-16-10-21)18-5-7-19(22)8-6-18/h4-8,12,14H,2-3,9-11,13,15-17H2,1H3,(H2,23,24,25). The Kier molecular flexibility index (Phi) is 7.91. The van der Waals surface area contributed by atoms with Crippen LogP contribution < -0.4 is 10.6 Å². The fourth-order valence-corrected chi connectivity index (χ4v) is 3.82. The zero-order chi connectivity index (χ0) is 19.7. The fraction of sp³-hybridized carbons (Fsp3) is 0.524. The number of hydrogen-bond donors (Lipinski definition) is 2. The highest BCUT2D eigenvalue weighted by atomic mass is 79.9. The minimum Gasteiger partial charge on any atom is -0.381 e. The third-order valence-electron chi connectivity index (χ3n) is 5.21. The van der Waals surface area contributed by atoms with Crippen LogP contribution >= 0.6 is 15.9 Å². The maximum atomic E-state index is 5.64. The first-order valence-electron chi connectivity index (χ1n) is 10.1. The number of rotatable bonds is 8. The smallest absolute Gasteiger partial charge is 0.191 e. The van der Waals surface area contributed by atoms with Crippen LogP contribution in [0.25, 0.3) is 0 Å². The number of aryl methyl sites for hydroxylation is 1. The molecule has 0 radical (unpaired) electrons. The summed E-state index contributed by atoms with van der Waals surface area (Å²) in [6, 6.07) is 10.6. The van der Waals surface area contributed by atoms with Crippen molar-refractivity contribution in [2.75, 3.05) is 32.8 Å². The summed E-state index contributed by atoms with van der Waals surface area (Å²) in [5.41, 5.74) is 1.38. The highest BCUT2D eigenvalue weighted by Crippen LogP contribution is 2.35. The van der Waals surface area contributed by atoms with E-state index in [2.05, 4.69) is 62.9 Å². The van der Waals surface area contributed by atoms with Gasteiger partial charge in [0.15, 0.2) is 5.96 Å². The Labute approximate surface area is 175 Å². The van der Waals surface area contributed by atoms with Crippen LogP contribution in [-0.2, 0) is 16.7 Å². The lowest BCUT2D eigenvalue weighted by Gasteiger charge is -2.36. The van der Waals surface area contributed by atoms with Crippen molar-refractivity contribution < 1.29 is 4.74 Å². The second kappa shape index (κ2) is 10.6. The van der Waals surface area contributed by atoms with Crippen LogP contribution in [0.1, 0.15) is 31.7 Å². The van der Waals surface area contributed by atoms with Crippen molar-refractivity contribution in [3.63, 3.8) is 0 Å². The molecule has 1 aromatic heterocycles. The number of aromatic nitrogens is 2. The first kappa shape index (κ1) is 20.9. The Morgan fingerprint density at radius 2 is 2.04 bits per heavy atom. The minimum atomic E-state index is 0.0381. The third kappa shape index (κ3) is 5.82. The van der Waals surface area contributed by atoms with E-state index in [1.807, 2.05) is 23.1 Å². The summed E-state index contributed by atoms with van der Waals surface area (Å²) in [7, 11) is 0.